The third-order valence-electron chi connectivity index (χ3n) is 5.76. The zero-order valence-corrected chi connectivity index (χ0v) is 16.6. The molecule has 2 aliphatic heterocycles. The van der Waals surface area contributed by atoms with Gasteiger partial charge >= 0.3 is 0 Å². The molecule has 2 fully saturated rings. The second-order valence-electron chi connectivity index (χ2n) is 8.13. The van der Waals surface area contributed by atoms with Gasteiger partial charge in [0.25, 0.3) is 0 Å². The first-order valence-electron chi connectivity index (χ1n) is 10.2. The Balaban J connectivity index is 1.37. The lowest BCUT2D eigenvalue weighted by Crippen LogP contribution is -2.51. The van der Waals surface area contributed by atoms with Gasteiger partial charge in [0.1, 0.15) is 11.5 Å². The Morgan fingerprint density at radius 1 is 1.04 bits per heavy atom. The van der Waals surface area contributed by atoms with Gasteiger partial charge in [0.2, 0.25) is 5.91 Å². The SMILES string of the molecule is CC1(C(=O)N2CCNCC2)CCN(Cc2cccc(Oc3ccccc3)c2)C1. The Labute approximate surface area is 167 Å². The number of hydrogen-bond acceptors (Lipinski definition) is 4. The van der Waals surface area contributed by atoms with E-state index in [-0.39, 0.29) is 5.41 Å². The lowest BCUT2D eigenvalue weighted by molar-refractivity contribution is -0.141. The van der Waals surface area contributed by atoms with Gasteiger partial charge in [0.05, 0.1) is 5.41 Å². The standard InChI is InChI=1S/C23H29N3O2/c1-23(22(27)26-14-11-24-12-15-26)10-13-25(18-23)17-19-6-5-9-21(16-19)28-20-7-3-2-4-8-20/h2-9,16,24H,10-15,17-18H2,1H3. The summed E-state index contributed by atoms with van der Waals surface area (Å²) in [6.45, 7) is 8.21. The summed E-state index contributed by atoms with van der Waals surface area (Å²) in [7, 11) is 0. The molecule has 4 rings (SSSR count). The lowest BCUT2D eigenvalue weighted by Gasteiger charge is -2.34. The average molecular weight is 380 g/mol. The van der Waals surface area contributed by atoms with Gasteiger partial charge in [-0.05, 0) is 49.7 Å². The molecule has 0 radical (unpaired) electrons. The smallest absolute Gasteiger partial charge is 0.229 e. The van der Waals surface area contributed by atoms with E-state index in [1.165, 1.54) is 5.56 Å². The van der Waals surface area contributed by atoms with Crippen molar-refractivity contribution in [2.24, 2.45) is 5.41 Å². The maximum atomic E-state index is 13.0. The second kappa shape index (κ2) is 8.33. The molecular weight excluding hydrogens is 350 g/mol. The lowest BCUT2D eigenvalue weighted by atomic mass is 9.88. The third-order valence-corrected chi connectivity index (χ3v) is 5.76. The largest absolute Gasteiger partial charge is 0.457 e. The van der Waals surface area contributed by atoms with E-state index in [0.29, 0.717) is 5.91 Å². The molecule has 1 N–H and O–H groups in total. The Morgan fingerprint density at radius 3 is 2.57 bits per heavy atom. The first-order valence-corrected chi connectivity index (χ1v) is 10.2. The monoisotopic (exact) mass is 379 g/mol. The van der Waals surface area contributed by atoms with Crippen LogP contribution in [0.3, 0.4) is 0 Å². The molecule has 2 heterocycles. The number of carbonyl (C=O) groups is 1. The van der Waals surface area contributed by atoms with Crippen LogP contribution in [-0.4, -0.2) is 55.0 Å². The maximum absolute atomic E-state index is 13.0. The maximum Gasteiger partial charge on any atom is 0.229 e. The number of nitrogens with zero attached hydrogens (tertiary/aromatic N) is 2. The van der Waals surface area contributed by atoms with Gasteiger partial charge in [-0.15, -0.1) is 0 Å². The zero-order chi connectivity index (χ0) is 19.4. The molecule has 0 aromatic heterocycles. The highest BCUT2D eigenvalue weighted by molar-refractivity contribution is 5.83. The summed E-state index contributed by atoms with van der Waals surface area (Å²) in [4.78, 5) is 17.5. The molecule has 0 bridgehead atoms. The van der Waals surface area contributed by atoms with Crippen LogP contribution in [0.5, 0.6) is 11.5 Å². The first kappa shape index (κ1) is 19.0. The van der Waals surface area contributed by atoms with Crippen LogP contribution < -0.4 is 10.1 Å². The quantitative estimate of drug-likeness (QED) is 0.867. The number of likely N-dealkylation sites (tertiary alicyclic amines) is 1. The van der Waals surface area contributed by atoms with Crippen LogP contribution in [0.15, 0.2) is 54.6 Å². The van der Waals surface area contributed by atoms with Crippen molar-refractivity contribution in [1.82, 2.24) is 15.1 Å². The molecule has 2 saturated heterocycles. The number of benzene rings is 2. The molecule has 2 aliphatic rings. The molecule has 2 aromatic rings. The van der Waals surface area contributed by atoms with E-state index in [9.17, 15) is 4.79 Å². The van der Waals surface area contributed by atoms with Crippen molar-refractivity contribution >= 4 is 5.91 Å². The van der Waals surface area contributed by atoms with E-state index in [4.69, 9.17) is 4.74 Å². The van der Waals surface area contributed by atoms with Crippen LogP contribution in [0.25, 0.3) is 0 Å². The Hall–Kier alpha value is -2.37. The molecule has 0 spiro atoms. The normalized spacial score (nSPS) is 23.0. The van der Waals surface area contributed by atoms with E-state index in [0.717, 1.165) is 63.7 Å². The minimum absolute atomic E-state index is 0.268. The van der Waals surface area contributed by atoms with Gasteiger partial charge in [-0.2, -0.15) is 0 Å². The topological polar surface area (TPSA) is 44.8 Å². The highest BCUT2D eigenvalue weighted by Crippen LogP contribution is 2.33. The van der Waals surface area contributed by atoms with Gasteiger partial charge in [0.15, 0.2) is 0 Å². The fourth-order valence-corrected chi connectivity index (χ4v) is 4.21. The number of para-hydroxylation sites is 1. The number of nitrogens with one attached hydrogen (secondary N) is 1. The Kier molecular flexibility index (Phi) is 5.64. The summed E-state index contributed by atoms with van der Waals surface area (Å²) in [5, 5.41) is 3.32. The molecular formula is C23H29N3O2. The number of ether oxygens (including phenoxy) is 1. The molecule has 0 saturated carbocycles. The van der Waals surface area contributed by atoms with E-state index < -0.39 is 0 Å². The number of amides is 1. The average Bonchev–Trinajstić information content (AvgIpc) is 3.11. The second-order valence-corrected chi connectivity index (χ2v) is 8.13. The molecule has 28 heavy (non-hydrogen) atoms. The summed E-state index contributed by atoms with van der Waals surface area (Å²) in [6.07, 6.45) is 0.927. The fourth-order valence-electron chi connectivity index (χ4n) is 4.21. The van der Waals surface area contributed by atoms with Crippen LogP contribution in [0.1, 0.15) is 18.9 Å². The van der Waals surface area contributed by atoms with Crippen LogP contribution in [-0.2, 0) is 11.3 Å². The highest BCUT2D eigenvalue weighted by Gasteiger charge is 2.42. The number of piperazine rings is 1. The van der Waals surface area contributed by atoms with E-state index in [1.54, 1.807) is 0 Å². The molecule has 5 nitrogen and oxygen atoms in total. The number of carbonyl (C=O) groups excluding carboxylic acids is 1. The Bertz CT molecular complexity index is 805. The van der Waals surface area contributed by atoms with E-state index in [1.807, 2.05) is 47.4 Å². The highest BCUT2D eigenvalue weighted by atomic mass is 16.5. The first-order chi connectivity index (χ1) is 13.6. The van der Waals surface area contributed by atoms with Crippen molar-refractivity contribution < 1.29 is 9.53 Å². The van der Waals surface area contributed by atoms with Gasteiger partial charge in [0, 0.05) is 39.3 Å². The molecule has 2 aromatic carbocycles. The van der Waals surface area contributed by atoms with Crippen LogP contribution in [0.4, 0.5) is 0 Å². The predicted molar refractivity (Wildman–Crippen MR) is 110 cm³/mol. The third kappa shape index (κ3) is 4.37. The van der Waals surface area contributed by atoms with Gasteiger partial charge < -0.3 is 15.0 Å². The molecule has 1 atom stereocenters. The van der Waals surface area contributed by atoms with Crippen LogP contribution in [0, 0.1) is 5.41 Å². The summed E-state index contributed by atoms with van der Waals surface area (Å²) in [5.74, 6) is 2.01. The number of hydrogen-bond donors (Lipinski definition) is 1. The van der Waals surface area contributed by atoms with Gasteiger partial charge in [-0.1, -0.05) is 30.3 Å². The summed E-state index contributed by atoms with van der Waals surface area (Å²) in [6, 6.07) is 18.1. The predicted octanol–water partition coefficient (Wildman–Crippen LogP) is 3.12. The van der Waals surface area contributed by atoms with E-state index in [2.05, 4.69) is 29.3 Å². The van der Waals surface area contributed by atoms with Crippen LogP contribution >= 0.6 is 0 Å². The summed E-state index contributed by atoms with van der Waals surface area (Å²) >= 11 is 0. The Morgan fingerprint density at radius 2 is 1.79 bits per heavy atom. The minimum Gasteiger partial charge on any atom is -0.457 e. The molecule has 5 heteroatoms. The number of rotatable bonds is 5. The summed E-state index contributed by atoms with van der Waals surface area (Å²) < 4.78 is 5.96. The molecule has 0 aliphatic carbocycles. The zero-order valence-electron chi connectivity index (χ0n) is 16.6. The van der Waals surface area contributed by atoms with Gasteiger partial charge in [-0.25, -0.2) is 0 Å². The van der Waals surface area contributed by atoms with Crippen molar-refractivity contribution in [2.45, 2.75) is 19.9 Å². The van der Waals surface area contributed by atoms with Crippen molar-refractivity contribution in [3.63, 3.8) is 0 Å². The molecule has 148 valence electrons. The van der Waals surface area contributed by atoms with Crippen molar-refractivity contribution in [3.05, 3.63) is 60.2 Å². The minimum atomic E-state index is -0.268. The molecule has 1 unspecified atom stereocenters. The van der Waals surface area contributed by atoms with E-state index >= 15 is 0 Å². The molecule has 1 amide bonds. The fraction of sp³-hybridized carbons (Fsp3) is 0.435. The van der Waals surface area contributed by atoms with Crippen molar-refractivity contribution in [2.75, 3.05) is 39.3 Å². The van der Waals surface area contributed by atoms with Crippen LogP contribution in [0.2, 0.25) is 0 Å². The van der Waals surface area contributed by atoms with Crippen molar-refractivity contribution in [3.8, 4) is 11.5 Å². The van der Waals surface area contributed by atoms with Crippen molar-refractivity contribution in [1.29, 1.82) is 0 Å². The van der Waals surface area contributed by atoms with Gasteiger partial charge in [-0.3, -0.25) is 9.69 Å². The summed E-state index contributed by atoms with van der Waals surface area (Å²) in [5.41, 5.74) is 0.947.